The number of hydrogen-bond donors (Lipinski definition) is 0. The summed E-state index contributed by atoms with van der Waals surface area (Å²) in [5, 5.41) is 10.9. The van der Waals surface area contributed by atoms with Gasteiger partial charge in [-0.2, -0.15) is 0 Å². The molecule has 3 fully saturated rings. The average Bonchev–Trinajstić information content (AvgIpc) is 3.13. The number of anilines is 1. The number of nitrogens with zero attached hydrogens (tertiary/aromatic N) is 1. The number of carbonyl (C=O) groups is 3. The van der Waals surface area contributed by atoms with Gasteiger partial charge in [-0.05, 0) is 48.8 Å². The lowest BCUT2D eigenvalue weighted by atomic mass is 9.81. The first-order chi connectivity index (χ1) is 10.1. The van der Waals surface area contributed by atoms with Crippen molar-refractivity contribution in [2.75, 3.05) is 4.90 Å². The van der Waals surface area contributed by atoms with Crippen LogP contribution in [-0.2, 0) is 9.59 Å². The molecule has 3 aliphatic rings. The molecule has 0 unspecified atom stereocenters. The van der Waals surface area contributed by atoms with E-state index < -0.39 is 5.97 Å². The second kappa shape index (κ2) is 4.16. The lowest BCUT2D eigenvalue weighted by Gasteiger charge is -2.19. The Bertz CT molecular complexity index is 640. The van der Waals surface area contributed by atoms with E-state index in [2.05, 4.69) is 0 Å². The van der Waals surface area contributed by atoms with E-state index in [1.54, 1.807) is 6.07 Å². The number of carbonyl (C=O) groups excluding carboxylic acids is 3. The predicted molar refractivity (Wildman–Crippen MR) is 71.1 cm³/mol. The van der Waals surface area contributed by atoms with Crippen LogP contribution in [0.4, 0.5) is 5.69 Å². The summed E-state index contributed by atoms with van der Waals surface area (Å²) >= 11 is 0. The molecule has 2 saturated carbocycles. The first-order valence-corrected chi connectivity index (χ1v) is 7.27. The maximum Gasteiger partial charge on any atom is 0.237 e. The van der Waals surface area contributed by atoms with Crippen LogP contribution in [0.2, 0.25) is 0 Å². The fraction of sp³-hybridized carbons (Fsp3) is 0.438. The Morgan fingerprint density at radius 3 is 2.29 bits per heavy atom. The highest BCUT2D eigenvalue weighted by atomic mass is 16.4. The van der Waals surface area contributed by atoms with Gasteiger partial charge in [-0.15, -0.1) is 0 Å². The number of aromatic carboxylic acids is 1. The molecule has 5 heteroatoms. The van der Waals surface area contributed by atoms with Crippen molar-refractivity contribution in [2.45, 2.75) is 19.3 Å². The van der Waals surface area contributed by atoms with Crippen molar-refractivity contribution in [3.63, 3.8) is 0 Å². The van der Waals surface area contributed by atoms with Crippen molar-refractivity contribution in [1.29, 1.82) is 0 Å². The van der Waals surface area contributed by atoms with Gasteiger partial charge in [0.15, 0.2) is 0 Å². The van der Waals surface area contributed by atoms with Crippen molar-refractivity contribution >= 4 is 23.5 Å². The molecule has 4 atom stereocenters. The molecule has 0 radical (unpaired) electrons. The molecule has 2 aliphatic carbocycles. The van der Waals surface area contributed by atoms with E-state index in [4.69, 9.17) is 0 Å². The molecule has 1 saturated heterocycles. The Balaban J connectivity index is 1.73. The monoisotopic (exact) mass is 284 g/mol. The van der Waals surface area contributed by atoms with Gasteiger partial charge >= 0.3 is 0 Å². The molecule has 1 heterocycles. The van der Waals surface area contributed by atoms with Crippen LogP contribution in [0.15, 0.2) is 24.3 Å². The minimum Gasteiger partial charge on any atom is -0.545 e. The first-order valence-electron chi connectivity index (χ1n) is 7.27. The molecule has 2 amide bonds. The van der Waals surface area contributed by atoms with Crippen LogP contribution in [0.1, 0.15) is 29.6 Å². The van der Waals surface area contributed by atoms with E-state index in [1.807, 2.05) is 0 Å². The van der Waals surface area contributed by atoms with Crippen LogP contribution in [0.5, 0.6) is 0 Å². The summed E-state index contributed by atoms with van der Waals surface area (Å²) in [6, 6.07) is 5.87. The van der Waals surface area contributed by atoms with Gasteiger partial charge < -0.3 is 9.90 Å². The van der Waals surface area contributed by atoms with Crippen molar-refractivity contribution in [2.24, 2.45) is 23.7 Å². The summed E-state index contributed by atoms with van der Waals surface area (Å²) in [5.74, 6) is -1.36. The van der Waals surface area contributed by atoms with Crippen LogP contribution in [0.3, 0.4) is 0 Å². The molecule has 5 nitrogen and oxygen atoms in total. The number of carboxylic acid groups (broad SMARTS) is 1. The summed E-state index contributed by atoms with van der Waals surface area (Å²) in [5.41, 5.74) is 0.327. The fourth-order valence-electron chi connectivity index (χ4n) is 4.44. The zero-order chi connectivity index (χ0) is 14.7. The van der Waals surface area contributed by atoms with Gasteiger partial charge in [-0.1, -0.05) is 12.1 Å². The molecule has 0 N–H and O–H groups in total. The fourth-order valence-corrected chi connectivity index (χ4v) is 4.44. The van der Waals surface area contributed by atoms with Gasteiger partial charge in [0.2, 0.25) is 11.8 Å². The molecule has 1 aromatic rings. The second-order valence-corrected chi connectivity index (χ2v) is 6.23. The predicted octanol–water partition coefficient (Wildman–Crippen LogP) is 0.586. The SMILES string of the molecule is O=C([O-])c1cccc(N2C(=O)[C@H]3[C@@H]4CC[C@@H](C4)[C@@H]3C2=O)c1. The molecule has 21 heavy (non-hydrogen) atoms. The molecule has 0 aromatic heterocycles. The molecular weight excluding hydrogens is 270 g/mol. The van der Waals surface area contributed by atoms with Crippen LogP contribution in [-0.4, -0.2) is 17.8 Å². The first kappa shape index (κ1) is 12.6. The van der Waals surface area contributed by atoms with Gasteiger partial charge in [-0.25, -0.2) is 0 Å². The van der Waals surface area contributed by atoms with E-state index in [0.29, 0.717) is 17.5 Å². The zero-order valence-corrected chi connectivity index (χ0v) is 11.3. The lowest BCUT2D eigenvalue weighted by molar-refractivity contribution is -0.255. The number of rotatable bonds is 2. The average molecular weight is 284 g/mol. The third kappa shape index (κ3) is 1.60. The molecule has 2 bridgehead atoms. The Hall–Kier alpha value is -2.17. The van der Waals surface area contributed by atoms with Gasteiger partial charge in [0, 0.05) is 0 Å². The Labute approximate surface area is 121 Å². The summed E-state index contributed by atoms with van der Waals surface area (Å²) in [6.07, 6.45) is 3.04. The lowest BCUT2D eigenvalue weighted by Crippen LogP contribution is -2.33. The quantitative estimate of drug-likeness (QED) is 0.744. The largest absolute Gasteiger partial charge is 0.545 e. The van der Waals surface area contributed by atoms with E-state index in [9.17, 15) is 19.5 Å². The summed E-state index contributed by atoms with van der Waals surface area (Å²) in [7, 11) is 0. The number of hydrogen-bond acceptors (Lipinski definition) is 4. The number of amides is 2. The van der Waals surface area contributed by atoms with Gasteiger partial charge in [0.05, 0.1) is 23.5 Å². The van der Waals surface area contributed by atoms with Gasteiger partial charge in [-0.3, -0.25) is 14.5 Å². The molecular formula is C16H14NO4-. The standard InChI is InChI=1S/C16H15NO4/c18-14-12-8-4-5-9(6-8)13(12)15(19)17(14)11-3-1-2-10(7-11)16(20)21/h1-3,7-9,12-13H,4-6H2,(H,20,21)/p-1/t8-,9+,12-,13-/m0/s1. The van der Waals surface area contributed by atoms with E-state index in [0.717, 1.165) is 19.3 Å². The van der Waals surface area contributed by atoms with Crippen LogP contribution in [0, 0.1) is 23.7 Å². The van der Waals surface area contributed by atoms with Gasteiger partial charge in [0.1, 0.15) is 0 Å². The highest BCUT2D eigenvalue weighted by Gasteiger charge is 2.61. The van der Waals surface area contributed by atoms with Crippen LogP contribution < -0.4 is 10.0 Å². The van der Waals surface area contributed by atoms with Crippen molar-refractivity contribution in [3.05, 3.63) is 29.8 Å². The highest BCUT2D eigenvalue weighted by Crippen LogP contribution is 2.56. The molecule has 108 valence electrons. The maximum absolute atomic E-state index is 12.6. The number of carboxylic acids is 1. The summed E-state index contributed by atoms with van der Waals surface area (Å²) in [4.78, 5) is 37.4. The van der Waals surface area contributed by atoms with Crippen LogP contribution >= 0.6 is 0 Å². The Morgan fingerprint density at radius 2 is 1.71 bits per heavy atom. The Kier molecular flexibility index (Phi) is 2.49. The smallest absolute Gasteiger partial charge is 0.237 e. The van der Waals surface area contributed by atoms with Crippen molar-refractivity contribution in [1.82, 2.24) is 0 Å². The van der Waals surface area contributed by atoms with E-state index >= 15 is 0 Å². The minimum atomic E-state index is -1.31. The van der Waals surface area contributed by atoms with Crippen LogP contribution in [0.25, 0.3) is 0 Å². The highest BCUT2D eigenvalue weighted by molar-refractivity contribution is 6.22. The second-order valence-electron chi connectivity index (χ2n) is 6.23. The van der Waals surface area contributed by atoms with E-state index in [1.165, 1.54) is 23.1 Å². The summed E-state index contributed by atoms with van der Waals surface area (Å²) < 4.78 is 0. The Morgan fingerprint density at radius 1 is 1.10 bits per heavy atom. The van der Waals surface area contributed by atoms with Crippen molar-refractivity contribution in [3.8, 4) is 0 Å². The zero-order valence-electron chi connectivity index (χ0n) is 11.3. The maximum atomic E-state index is 12.6. The number of benzene rings is 1. The molecule has 4 rings (SSSR count). The topological polar surface area (TPSA) is 77.5 Å². The number of imide groups is 1. The summed E-state index contributed by atoms with van der Waals surface area (Å²) in [6.45, 7) is 0. The molecule has 0 spiro atoms. The third-order valence-electron chi connectivity index (χ3n) is 5.27. The minimum absolute atomic E-state index is 0.0202. The normalized spacial score (nSPS) is 33.6. The van der Waals surface area contributed by atoms with E-state index in [-0.39, 0.29) is 29.2 Å². The van der Waals surface area contributed by atoms with Gasteiger partial charge in [0.25, 0.3) is 0 Å². The van der Waals surface area contributed by atoms with Crippen molar-refractivity contribution < 1.29 is 19.5 Å². The molecule has 1 aliphatic heterocycles. The molecule has 1 aromatic carbocycles. The third-order valence-corrected chi connectivity index (χ3v) is 5.27. The number of fused-ring (bicyclic) bond motifs is 5.